The van der Waals surface area contributed by atoms with Gasteiger partial charge in [0.15, 0.2) is 17.3 Å². The van der Waals surface area contributed by atoms with Crippen LogP contribution in [-0.4, -0.2) is 39.4 Å². The lowest BCUT2D eigenvalue weighted by Crippen LogP contribution is -2.45. The average molecular weight is 481 g/mol. The normalized spacial score (nSPS) is 13.7. The Balaban J connectivity index is 1.60. The monoisotopic (exact) mass is 480 g/mol. The van der Waals surface area contributed by atoms with Crippen molar-refractivity contribution in [3.63, 3.8) is 0 Å². The molecular weight excluding hydrogens is 456 g/mol. The molecule has 0 bridgehead atoms. The Hall–Kier alpha value is -3.69. The van der Waals surface area contributed by atoms with Gasteiger partial charge in [0.1, 0.15) is 19.3 Å². The van der Waals surface area contributed by atoms with Crippen LogP contribution in [0, 0.1) is 0 Å². The molecule has 1 aliphatic rings. The summed E-state index contributed by atoms with van der Waals surface area (Å²) in [6.07, 6.45) is 0.128. The molecule has 3 aromatic rings. The van der Waals surface area contributed by atoms with Crippen LogP contribution in [0.3, 0.4) is 0 Å². The van der Waals surface area contributed by atoms with Gasteiger partial charge in [-0.15, -0.1) is 0 Å². The van der Waals surface area contributed by atoms with Crippen LogP contribution < -0.4 is 19.5 Å². The lowest BCUT2D eigenvalue weighted by atomic mass is 10.1. The van der Waals surface area contributed by atoms with Crippen molar-refractivity contribution >= 4 is 27.4 Å². The highest BCUT2D eigenvalue weighted by molar-refractivity contribution is 7.89. The summed E-state index contributed by atoms with van der Waals surface area (Å²) in [7, 11) is -4.07. The first-order valence-electron chi connectivity index (χ1n) is 10.7. The summed E-state index contributed by atoms with van der Waals surface area (Å²) in [5.74, 6) is 0.107. The van der Waals surface area contributed by atoms with E-state index < -0.39 is 22.0 Å². The maximum Gasteiger partial charge on any atom is 0.242 e. The molecule has 3 aromatic carbocycles. The quantitative estimate of drug-likeness (QED) is 0.479. The van der Waals surface area contributed by atoms with Gasteiger partial charge in [0.05, 0.1) is 4.90 Å². The van der Waals surface area contributed by atoms with E-state index in [1.807, 2.05) is 30.3 Å². The number of rotatable bonds is 8. The summed E-state index contributed by atoms with van der Waals surface area (Å²) in [5, 5.41) is 2.72. The van der Waals surface area contributed by atoms with Gasteiger partial charge in [-0.25, -0.2) is 8.42 Å². The van der Waals surface area contributed by atoms with E-state index in [1.165, 1.54) is 25.1 Å². The topological polar surface area (TPSA) is 111 Å². The number of ketones is 1. The van der Waals surface area contributed by atoms with Crippen molar-refractivity contribution in [3.05, 3.63) is 83.9 Å². The number of fused-ring (bicyclic) bond motifs is 1. The number of carbonyl (C=O) groups excluding carboxylic acids is 2. The van der Waals surface area contributed by atoms with Crippen LogP contribution in [0.15, 0.2) is 77.7 Å². The average Bonchev–Trinajstić information content (AvgIpc) is 2.84. The number of benzene rings is 3. The number of carbonyl (C=O) groups is 2. The van der Waals surface area contributed by atoms with Gasteiger partial charge in [0.25, 0.3) is 0 Å². The van der Waals surface area contributed by atoms with Gasteiger partial charge in [-0.2, -0.15) is 4.72 Å². The predicted octanol–water partition coefficient (Wildman–Crippen LogP) is 3.19. The van der Waals surface area contributed by atoms with Crippen molar-refractivity contribution in [3.8, 4) is 11.5 Å². The van der Waals surface area contributed by atoms with Crippen LogP contribution >= 0.6 is 0 Å². The number of hydrogen-bond donors (Lipinski definition) is 2. The Labute approximate surface area is 198 Å². The van der Waals surface area contributed by atoms with E-state index in [-0.39, 0.29) is 17.1 Å². The molecule has 9 heteroatoms. The fraction of sp³-hybridized carbons (Fsp3) is 0.200. The third-order valence-corrected chi connectivity index (χ3v) is 6.73. The third-order valence-electron chi connectivity index (χ3n) is 5.26. The molecule has 0 saturated heterocycles. The largest absolute Gasteiger partial charge is 0.486 e. The van der Waals surface area contributed by atoms with E-state index in [0.717, 1.165) is 5.56 Å². The van der Waals surface area contributed by atoms with Gasteiger partial charge in [0, 0.05) is 17.3 Å². The lowest BCUT2D eigenvalue weighted by Gasteiger charge is -2.21. The second kappa shape index (κ2) is 10.1. The maximum atomic E-state index is 13.2. The van der Waals surface area contributed by atoms with Crippen molar-refractivity contribution in [2.45, 2.75) is 24.3 Å². The number of hydrogen-bond acceptors (Lipinski definition) is 6. The summed E-state index contributed by atoms with van der Waals surface area (Å²) in [6, 6.07) is 18.8. The zero-order chi connectivity index (χ0) is 24.1. The van der Waals surface area contributed by atoms with Gasteiger partial charge in [-0.1, -0.05) is 42.5 Å². The van der Waals surface area contributed by atoms with Gasteiger partial charge in [-0.05, 0) is 43.2 Å². The molecule has 176 valence electrons. The molecule has 8 nitrogen and oxygen atoms in total. The first kappa shape index (κ1) is 23.5. The summed E-state index contributed by atoms with van der Waals surface area (Å²) >= 11 is 0. The van der Waals surface area contributed by atoms with Crippen molar-refractivity contribution in [1.29, 1.82) is 0 Å². The predicted molar refractivity (Wildman–Crippen MR) is 127 cm³/mol. The second-order valence-electron chi connectivity index (χ2n) is 7.80. The first-order valence-corrected chi connectivity index (χ1v) is 12.2. The van der Waals surface area contributed by atoms with Crippen molar-refractivity contribution < 1.29 is 27.5 Å². The molecule has 0 unspecified atom stereocenters. The van der Waals surface area contributed by atoms with E-state index in [1.54, 1.807) is 24.3 Å². The molecule has 1 heterocycles. The van der Waals surface area contributed by atoms with Crippen molar-refractivity contribution in [1.82, 2.24) is 4.72 Å². The second-order valence-corrected chi connectivity index (χ2v) is 9.51. The molecule has 1 amide bonds. The SMILES string of the molecule is CC(=O)c1cccc(NC(=O)[C@H](Cc2ccccc2)NS(=O)(=O)c2ccc3c(c2)OCCO3)c1. The van der Waals surface area contributed by atoms with E-state index in [0.29, 0.717) is 36.0 Å². The van der Waals surface area contributed by atoms with E-state index >= 15 is 0 Å². The molecule has 0 saturated carbocycles. The maximum absolute atomic E-state index is 13.2. The van der Waals surface area contributed by atoms with E-state index in [4.69, 9.17) is 9.47 Å². The molecule has 2 N–H and O–H groups in total. The van der Waals surface area contributed by atoms with Gasteiger partial charge in [-0.3, -0.25) is 9.59 Å². The molecule has 0 aromatic heterocycles. The minimum Gasteiger partial charge on any atom is -0.486 e. The van der Waals surface area contributed by atoms with Crippen LogP contribution in [0.2, 0.25) is 0 Å². The molecule has 0 spiro atoms. The minimum absolute atomic E-state index is 0.0406. The van der Waals surface area contributed by atoms with Crippen LogP contribution in [0.25, 0.3) is 0 Å². The molecule has 1 atom stereocenters. The van der Waals surface area contributed by atoms with Gasteiger partial charge < -0.3 is 14.8 Å². The van der Waals surface area contributed by atoms with E-state index in [2.05, 4.69) is 10.0 Å². The number of Topliss-reactive ketones (excluding diaryl/α,β-unsaturated/α-hetero) is 1. The fourth-order valence-electron chi connectivity index (χ4n) is 3.53. The molecule has 34 heavy (non-hydrogen) atoms. The van der Waals surface area contributed by atoms with Crippen molar-refractivity contribution in [2.75, 3.05) is 18.5 Å². The molecule has 0 aliphatic carbocycles. The van der Waals surface area contributed by atoms with Crippen LogP contribution in [0.1, 0.15) is 22.8 Å². The molecule has 4 rings (SSSR count). The standard InChI is InChI=1S/C25H24N2O6S/c1-17(28)19-8-5-9-20(15-19)26-25(29)22(14-18-6-3-2-4-7-18)27-34(30,31)21-10-11-23-24(16-21)33-13-12-32-23/h2-11,15-16,22,27H,12-14H2,1H3,(H,26,29)/t22-/m0/s1. The zero-order valence-corrected chi connectivity index (χ0v) is 19.3. The third kappa shape index (κ3) is 5.62. The molecule has 0 fully saturated rings. The number of nitrogens with one attached hydrogen (secondary N) is 2. The highest BCUT2D eigenvalue weighted by Gasteiger charge is 2.27. The Bertz CT molecular complexity index is 1310. The van der Waals surface area contributed by atoms with E-state index in [9.17, 15) is 18.0 Å². The van der Waals surface area contributed by atoms with Gasteiger partial charge in [0.2, 0.25) is 15.9 Å². The number of ether oxygens (including phenoxy) is 2. The van der Waals surface area contributed by atoms with Crippen LogP contribution in [0.5, 0.6) is 11.5 Å². The number of anilines is 1. The zero-order valence-electron chi connectivity index (χ0n) is 18.5. The summed E-state index contributed by atoms with van der Waals surface area (Å²) in [4.78, 5) is 24.8. The van der Waals surface area contributed by atoms with Gasteiger partial charge >= 0.3 is 0 Å². The Morgan fingerprint density at radius 1 is 0.912 bits per heavy atom. The number of sulfonamides is 1. The Morgan fingerprint density at radius 3 is 2.38 bits per heavy atom. The van der Waals surface area contributed by atoms with Crippen LogP contribution in [-0.2, 0) is 21.2 Å². The summed E-state index contributed by atoms with van der Waals surface area (Å²) in [6.45, 7) is 2.14. The smallest absolute Gasteiger partial charge is 0.242 e. The lowest BCUT2D eigenvalue weighted by molar-refractivity contribution is -0.117. The van der Waals surface area contributed by atoms with Crippen molar-refractivity contribution in [2.24, 2.45) is 0 Å². The number of amides is 1. The highest BCUT2D eigenvalue weighted by Crippen LogP contribution is 2.32. The first-order chi connectivity index (χ1) is 16.3. The summed E-state index contributed by atoms with van der Waals surface area (Å²) in [5.41, 5.74) is 1.62. The minimum atomic E-state index is -4.07. The highest BCUT2D eigenvalue weighted by atomic mass is 32.2. The molecule has 0 radical (unpaired) electrons. The Kier molecular flexibility index (Phi) is 6.95. The molecule has 1 aliphatic heterocycles. The Morgan fingerprint density at radius 2 is 1.65 bits per heavy atom. The van der Waals surface area contributed by atoms with Crippen LogP contribution in [0.4, 0.5) is 5.69 Å². The molecular formula is C25H24N2O6S. The summed E-state index contributed by atoms with van der Waals surface area (Å²) < 4.78 is 39.8. The fourth-order valence-corrected chi connectivity index (χ4v) is 4.74.